The molecule has 0 unspecified atom stereocenters. The van der Waals surface area contributed by atoms with Gasteiger partial charge in [-0.3, -0.25) is 4.79 Å². The van der Waals surface area contributed by atoms with Gasteiger partial charge in [0.25, 0.3) is 0 Å². The van der Waals surface area contributed by atoms with E-state index < -0.39 is 5.41 Å². The summed E-state index contributed by atoms with van der Waals surface area (Å²) in [7, 11) is 0. The number of carbonyl (C=O) groups is 1. The van der Waals surface area contributed by atoms with Crippen LogP contribution < -0.4 is 4.74 Å². The molecular weight excluding hydrogens is 478 g/mol. The van der Waals surface area contributed by atoms with Crippen LogP contribution in [0.15, 0.2) is 84.9 Å². The second kappa shape index (κ2) is 12.0. The molecule has 4 rings (SSSR count). The van der Waals surface area contributed by atoms with E-state index >= 15 is 0 Å². The Morgan fingerprint density at radius 2 is 1.48 bits per heavy atom. The van der Waals surface area contributed by atoms with Gasteiger partial charge >= 0.3 is 5.97 Å². The van der Waals surface area contributed by atoms with Gasteiger partial charge in [0, 0.05) is 12.1 Å². The number of benzene rings is 3. The lowest BCUT2D eigenvalue weighted by Gasteiger charge is -2.40. The molecule has 1 heterocycles. The van der Waals surface area contributed by atoms with Gasteiger partial charge in [-0.1, -0.05) is 66.7 Å². The summed E-state index contributed by atoms with van der Waals surface area (Å²) >= 11 is 0. The minimum Gasteiger partial charge on any atom is -0.465 e. The fourth-order valence-corrected chi connectivity index (χ4v) is 4.51. The molecule has 1 aliphatic heterocycles. The van der Waals surface area contributed by atoms with E-state index in [1.165, 1.54) is 5.56 Å². The van der Waals surface area contributed by atoms with E-state index in [-0.39, 0.29) is 23.0 Å². The fourth-order valence-electron chi connectivity index (χ4n) is 4.51. The van der Waals surface area contributed by atoms with Gasteiger partial charge in [-0.2, -0.15) is 0 Å². The van der Waals surface area contributed by atoms with Crippen LogP contribution in [0.3, 0.4) is 0 Å². The van der Waals surface area contributed by atoms with Gasteiger partial charge in [0.15, 0.2) is 0 Å². The summed E-state index contributed by atoms with van der Waals surface area (Å²) in [6.45, 7) is 4.94. The second-order valence-corrected chi connectivity index (χ2v) is 8.29. The third kappa shape index (κ3) is 6.04. The topological polar surface area (TPSA) is 38.8 Å². The normalized spacial score (nSPS) is 15.3. The number of hydrogen-bond acceptors (Lipinski definition) is 4. The predicted octanol–water partition coefficient (Wildman–Crippen LogP) is 6.20. The molecule has 0 N–H and O–H groups in total. The lowest BCUT2D eigenvalue weighted by Crippen LogP contribution is -2.48. The van der Waals surface area contributed by atoms with Crippen molar-refractivity contribution in [1.29, 1.82) is 0 Å². The molecule has 1 fully saturated rings. The zero-order chi connectivity index (χ0) is 22.2. The van der Waals surface area contributed by atoms with Crippen LogP contribution in [0.5, 0.6) is 11.5 Å². The summed E-state index contributed by atoms with van der Waals surface area (Å²) in [5.74, 6) is 1.34. The molecule has 0 aromatic heterocycles. The van der Waals surface area contributed by atoms with Crippen LogP contribution in [0.4, 0.5) is 0 Å². The monoisotopic (exact) mass is 509 g/mol. The first-order valence-electron chi connectivity index (χ1n) is 11.5. The lowest BCUT2D eigenvalue weighted by atomic mass is 9.72. The Kier molecular flexibility index (Phi) is 9.10. The number of halogens is 1. The lowest BCUT2D eigenvalue weighted by molar-refractivity contribution is -0.152. The molecule has 0 amide bonds. The van der Waals surface area contributed by atoms with Crippen LogP contribution in [0.25, 0.3) is 0 Å². The van der Waals surface area contributed by atoms with E-state index in [1.54, 1.807) is 0 Å². The molecule has 1 aliphatic rings. The number of hydrogen-bond donors (Lipinski definition) is 0. The molecule has 0 bridgehead atoms. The first-order valence-corrected chi connectivity index (χ1v) is 11.5. The van der Waals surface area contributed by atoms with Crippen molar-refractivity contribution in [1.82, 2.24) is 4.90 Å². The van der Waals surface area contributed by atoms with Crippen molar-refractivity contribution in [3.05, 3.63) is 96.1 Å². The summed E-state index contributed by atoms with van der Waals surface area (Å²) in [4.78, 5) is 15.8. The summed E-state index contributed by atoms with van der Waals surface area (Å²) in [6, 6.07) is 28.2. The summed E-state index contributed by atoms with van der Waals surface area (Å²) in [6.07, 6.45) is 2.45. The second-order valence-electron chi connectivity index (χ2n) is 8.29. The van der Waals surface area contributed by atoms with Crippen LogP contribution in [0, 0.1) is 0 Å². The van der Waals surface area contributed by atoms with Gasteiger partial charge < -0.3 is 14.4 Å². The third-order valence-corrected chi connectivity index (χ3v) is 6.31. The van der Waals surface area contributed by atoms with E-state index in [9.17, 15) is 4.79 Å². The molecule has 0 atom stereocenters. The summed E-state index contributed by atoms with van der Waals surface area (Å²) in [5, 5.41) is 0. The zero-order valence-corrected chi connectivity index (χ0v) is 20.8. The minimum atomic E-state index is -0.690. The predicted molar refractivity (Wildman–Crippen MR) is 137 cm³/mol. The number of likely N-dealkylation sites (tertiary alicyclic amines) is 1. The zero-order valence-electron chi connectivity index (χ0n) is 19.1. The standard InChI is InChI=1S/C28H31NO3.BrH/c1-2-31-27(30)28(18-21-29(22-19-28)20-17-23-11-5-3-6-12-23)25-15-9-10-16-26(25)32-24-13-7-4-8-14-24;/h3-16H,2,17-22H2,1H3;1H. The van der Waals surface area contributed by atoms with Gasteiger partial charge in [0.05, 0.1) is 12.0 Å². The molecular formula is C28H32BrNO3. The van der Waals surface area contributed by atoms with E-state index in [0.29, 0.717) is 6.61 Å². The minimum absolute atomic E-state index is 0. The molecule has 0 saturated carbocycles. The van der Waals surface area contributed by atoms with Gasteiger partial charge in [0.1, 0.15) is 11.5 Å². The van der Waals surface area contributed by atoms with E-state index in [0.717, 1.165) is 56.0 Å². The average molecular weight is 510 g/mol. The average Bonchev–Trinajstić information content (AvgIpc) is 2.85. The fraction of sp³-hybridized carbons (Fsp3) is 0.321. The highest BCUT2D eigenvalue weighted by Crippen LogP contribution is 2.42. The number of nitrogens with zero attached hydrogens (tertiary/aromatic N) is 1. The van der Waals surface area contributed by atoms with Crippen molar-refractivity contribution in [3.63, 3.8) is 0 Å². The smallest absolute Gasteiger partial charge is 0.316 e. The van der Waals surface area contributed by atoms with E-state index in [2.05, 4.69) is 29.2 Å². The highest BCUT2D eigenvalue weighted by Gasteiger charge is 2.46. The number of ether oxygens (including phenoxy) is 2. The van der Waals surface area contributed by atoms with E-state index in [1.807, 2.05) is 67.6 Å². The molecule has 3 aromatic rings. The number of rotatable bonds is 8. The van der Waals surface area contributed by atoms with Crippen molar-refractivity contribution in [3.8, 4) is 11.5 Å². The van der Waals surface area contributed by atoms with Gasteiger partial charge in [-0.15, -0.1) is 17.0 Å². The number of esters is 1. The number of carbonyl (C=O) groups excluding carboxylic acids is 1. The molecule has 5 heteroatoms. The van der Waals surface area contributed by atoms with Crippen molar-refractivity contribution < 1.29 is 14.3 Å². The Hall–Kier alpha value is -2.63. The third-order valence-electron chi connectivity index (χ3n) is 6.31. The molecule has 0 aliphatic carbocycles. The molecule has 0 radical (unpaired) electrons. The van der Waals surface area contributed by atoms with Crippen molar-refractivity contribution in [2.45, 2.75) is 31.6 Å². The Morgan fingerprint density at radius 1 is 0.879 bits per heavy atom. The van der Waals surface area contributed by atoms with Crippen molar-refractivity contribution >= 4 is 23.0 Å². The SMILES string of the molecule is Br.CCOC(=O)C1(c2ccccc2Oc2ccccc2)CCN(CCc2ccccc2)CC1. The van der Waals surface area contributed by atoms with Gasteiger partial charge in [-0.05, 0) is 63.0 Å². The Morgan fingerprint density at radius 3 is 2.15 bits per heavy atom. The Labute approximate surface area is 207 Å². The Bertz CT molecular complexity index is 1000. The van der Waals surface area contributed by atoms with Gasteiger partial charge in [-0.25, -0.2) is 0 Å². The maximum Gasteiger partial charge on any atom is 0.316 e. The number of para-hydroxylation sites is 2. The molecule has 0 spiro atoms. The van der Waals surface area contributed by atoms with Gasteiger partial charge in [0.2, 0.25) is 0 Å². The highest BCUT2D eigenvalue weighted by molar-refractivity contribution is 8.93. The van der Waals surface area contributed by atoms with Crippen LogP contribution in [0.2, 0.25) is 0 Å². The van der Waals surface area contributed by atoms with Crippen molar-refractivity contribution in [2.24, 2.45) is 0 Å². The van der Waals surface area contributed by atoms with Crippen LogP contribution in [-0.2, 0) is 21.4 Å². The van der Waals surface area contributed by atoms with Crippen LogP contribution in [-0.4, -0.2) is 37.1 Å². The maximum absolute atomic E-state index is 13.3. The summed E-state index contributed by atoms with van der Waals surface area (Å²) in [5.41, 5.74) is 1.58. The maximum atomic E-state index is 13.3. The molecule has 174 valence electrons. The molecule has 3 aromatic carbocycles. The molecule has 1 saturated heterocycles. The largest absolute Gasteiger partial charge is 0.465 e. The quantitative estimate of drug-likeness (QED) is 0.339. The first-order chi connectivity index (χ1) is 15.7. The number of piperidine rings is 1. The van der Waals surface area contributed by atoms with Crippen LogP contribution >= 0.6 is 17.0 Å². The molecule has 33 heavy (non-hydrogen) atoms. The first kappa shape index (κ1) is 25.0. The van der Waals surface area contributed by atoms with E-state index in [4.69, 9.17) is 9.47 Å². The molecule has 4 nitrogen and oxygen atoms in total. The Balaban J connectivity index is 0.00000306. The highest BCUT2D eigenvalue weighted by atomic mass is 79.9. The van der Waals surface area contributed by atoms with Crippen LogP contribution in [0.1, 0.15) is 30.9 Å². The van der Waals surface area contributed by atoms with Crippen molar-refractivity contribution in [2.75, 3.05) is 26.2 Å². The summed E-state index contributed by atoms with van der Waals surface area (Å²) < 4.78 is 11.8.